The van der Waals surface area contributed by atoms with Crippen LogP contribution in [0, 0.1) is 0 Å². The van der Waals surface area contributed by atoms with Gasteiger partial charge in [0.1, 0.15) is 0 Å². The zero-order valence-electron chi connectivity index (χ0n) is 7.08. The molecule has 0 aliphatic carbocycles. The van der Waals surface area contributed by atoms with E-state index in [1.807, 2.05) is 18.9 Å². The van der Waals surface area contributed by atoms with E-state index in [1.54, 1.807) is 0 Å². The standard InChI is InChI=1S/C7H16N2OS/c1-6(7(8)11)9(2)4-3-5-10/h6,10H,3-5H2,1-2H3,(H2,8,11). The Morgan fingerprint density at radius 3 is 2.64 bits per heavy atom. The van der Waals surface area contributed by atoms with Crippen molar-refractivity contribution >= 4 is 17.2 Å². The molecule has 0 heterocycles. The summed E-state index contributed by atoms with van der Waals surface area (Å²) in [4.78, 5) is 2.53. The summed E-state index contributed by atoms with van der Waals surface area (Å²) in [6, 6.07) is 0.122. The molecule has 0 aliphatic heterocycles. The van der Waals surface area contributed by atoms with Crippen LogP contribution in [0.4, 0.5) is 0 Å². The van der Waals surface area contributed by atoms with Gasteiger partial charge in [0.2, 0.25) is 0 Å². The summed E-state index contributed by atoms with van der Waals surface area (Å²) in [6.45, 7) is 3.00. The number of aliphatic hydroxyl groups is 1. The van der Waals surface area contributed by atoms with Gasteiger partial charge < -0.3 is 10.8 Å². The maximum Gasteiger partial charge on any atom is 0.0899 e. The van der Waals surface area contributed by atoms with Gasteiger partial charge in [0.05, 0.1) is 11.0 Å². The largest absolute Gasteiger partial charge is 0.396 e. The topological polar surface area (TPSA) is 49.5 Å². The van der Waals surface area contributed by atoms with Crippen LogP contribution in [0.3, 0.4) is 0 Å². The lowest BCUT2D eigenvalue weighted by molar-refractivity contribution is 0.239. The molecule has 0 rings (SSSR count). The molecule has 1 atom stereocenters. The van der Waals surface area contributed by atoms with Crippen molar-refractivity contribution in [2.75, 3.05) is 20.2 Å². The Balaban J connectivity index is 3.63. The van der Waals surface area contributed by atoms with Gasteiger partial charge >= 0.3 is 0 Å². The second kappa shape index (κ2) is 5.46. The fourth-order valence-electron chi connectivity index (χ4n) is 0.731. The van der Waals surface area contributed by atoms with Crippen LogP contribution in [0.1, 0.15) is 13.3 Å². The van der Waals surface area contributed by atoms with Crippen molar-refractivity contribution < 1.29 is 5.11 Å². The molecule has 0 fully saturated rings. The van der Waals surface area contributed by atoms with Crippen molar-refractivity contribution in [2.45, 2.75) is 19.4 Å². The summed E-state index contributed by atoms with van der Waals surface area (Å²) in [5.41, 5.74) is 5.44. The van der Waals surface area contributed by atoms with Crippen LogP contribution in [0.5, 0.6) is 0 Å². The first kappa shape index (κ1) is 10.8. The molecule has 0 saturated heterocycles. The molecule has 3 N–H and O–H groups in total. The van der Waals surface area contributed by atoms with E-state index in [4.69, 9.17) is 23.1 Å². The van der Waals surface area contributed by atoms with Crippen LogP contribution in [-0.4, -0.2) is 41.2 Å². The lowest BCUT2D eigenvalue weighted by atomic mass is 10.3. The van der Waals surface area contributed by atoms with Crippen molar-refractivity contribution in [2.24, 2.45) is 5.73 Å². The van der Waals surface area contributed by atoms with E-state index < -0.39 is 0 Å². The lowest BCUT2D eigenvalue weighted by Gasteiger charge is -2.22. The molecule has 4 heteroatoms. The number of hydrogen-bond donors (Lipinski definition) is 2. The molecule has 3 nitrogen and oxygen atoms in total. The van der Waals surface area contributed by atoms with E-state index >= 15 is 0 Å². The summed E-state index contributed by atoms with van der Waals surface area (Å²) < 4.78 is 0. The summed E-state index contributed by atoms with van der Waals surface area (Å²) >= 11 is 4.82. The monoisotopic (exact) mass is 176 g/mol. The highest BCUT2D eigenvalue weighted by molar-refractivity contribution is 7.80. The Bertz CT molecular complexity index is 130. The van der Waals surface area contributed by atoms with Gasteiger partial charge in [-0.3, -0.25) is 4.90 Å². The van der Waals surface area contributed by atoms with Gasteiger partial charge in [0.15, 0.2) is 0 Å². The van der Waals surface area contributed by atoms with Crippen LogP contribution >= 0.6 is 12.2 Å². The summed E-state index contributed by atoms with van der Waals surface area (Å²) in [5.74, 6) is 0. The van der Waals surface area contributed by atoms with E-state index in [-0.39, 0.29) is 12.6 Å². The number of aliphatic hydroxyl groups excluding tert-OH is 1. The number of nitrogens with two attached hydrogens (primary N) is 1. The third-order valence-electron chi connectivity index (χ3n) is 1.74. The minimum Gasteiger partial charge on any atom is -0.396 e. The second-order valence-corrected chi connectivity index (χ2v) is 3.11. The molecule has 0 radical (unpaired) electrons. The number of rotatable bonds is 5. The maximum atomic E-state index is 8.54. The molecule has 0 aromatic heterocycles. The Labute approximate surface area is 73.2 Å². The molecular formula is C7H16N2OS. The predicted octanol–water partition coefficient (Wildman–Crippen LogP) is -0.0248. The summed E-state index contributed by atoms with van der Waals surface area (Å²) in [7, 11) is 1.94. The van der Waals surface area contributed by atoms with Gasteiger partial charge in [-0.1, -0.05) is 12.2 Å². The Morgan fingerprint density at radius 1 is 1.73 bits per heavy atom. The quantitative estimate of drug-likeness (QED) is 0.578. The average Bonchev–Trinajstić information content (AvgIpc) is 1.98. The Hall–Kier alpha value is -0.190. The molecule has 0 amide bonds. The zero-order valence-corrected chi connectivity index (χ0v) is 7.90. The first-order valence-corrected chi connectivity index (χ1v) is 4.10. The Morgan fingerprint density at radius 2 is 2.27 bits per heavy atom. The van der Waals surface area contributed by atoms with E-state index in [2.05, 4.69) is 0 Å². The first-order valence-electron chi connectivity index (χ1n) is 3.70. The number of likely N-dealkylation sites (N-methyl/N-ethyl adjacent to an activating group) is 1. The smallest absolute Gasteiger partial charge is 0.0899 e. The van der Waals surface area contributed by atoms with E-state index in [1.165, 1.54) is 0 Å². The molecule has 0 bridgehead atoms. The van der Waals surface area contributed by atoms with Crippen molar-refractivity contribution in [3.8, 4) is 0 Å². The van der Waals surface area contributed by atoms with Crippen LogP contribution in [-0.2, 0) is 0 Å². The van der Waals surface area contributed by atoms with Crippen LogP contribution in [0.15, 0.2) is 0 Å². The number of nitrogens with zero attached hydrogens (tertiary/aromatic N) is 1. The average molecular weight is 176 g/mol. The molecule has 66 valence electrons. The fourth-order valence-corrected chi connectivity index (χ4v) is 0.911. The molecule has 0 spiro atoms. The van der Waals surface area contributed by atoms with Gasteiger partial charge in [-0.15, -0.1) is 0 Å². The van der Waals surface area contributed by atoms with Crippen molar-refractivity contribution in [3.63, 3.8) is 0 Å². The van der Waals surface area contributed by atoms with Crippen molar-refractivity contribution in [1.82, 2.24) is 4.90 Å². The van der Waals surface area contributed by atoms with Gasteiger partial charge in [-0.25, -0.2) is 0 Å². The fraction of sp³-hybridized carbons (Fsp3) is 0.857. The zero-order chi connectivity index (χ0) is 8.85. The molecular weight excluding hydrogens is 160 g/mol. The van der Waals surface area contributed by atoms with Crippen LogP contribution in [0.2, 0.25) is 0 Å². The highest BCUT2D eigenvalue weighted by Crippen LogP contribution is 1.96. The number of thiocarbonyl (C=S) groups is 1. The third-order valence-corrected chi connectivity index (χ3v) is 2.08. The molecule has 0 aromatic rings. The summed E-state index contributed by atoms with van der Waals surface area (Å²) in [5, 5.41) is 8.54. The van der Waals surface area contributed by atoms with Gasteiger partial charge in [-0.05, 0) is 20.4 Å². The predicted molar refractivity (Wildman–Crippen MR) is 50.6 cm³/mol. The van der Waals surface area contributed by atoms with E-state index in [9.17, 15) is 0 Å². The summed E-state index contributed by atoms with van der Waals surface area (Å²) in [6.07, 6.45) is 0.767. The maximum absolute atomic E-state index is 8.54. The highest BCUT2D eigenvalue weighted by Gasteiger charge is 2.09. The van der Waals surface area contributed by atoms with Crippen molar-refractivity contribution in [1.29, 1.82) is 0 Å². The number of hydrogen-bond acceptors (Lipinski definition) is 3. The minimum absolute atomic E-state index is 0.122. The highest BCUT2D eigenvalue weighted by atomic mass is 32.1. The van der Waals surface area contributed by atoms with Gasteiger partial charge in [0.25, 0.3) is 0 Å². The molecule has 0 saturated carbocycles. The van der Waals surface area contributed by atoms with Gasteiger partial charge in [-0.2, -0.15) is 0 Å². The Kier molecular flexibility index (Phi) is 5.36. The van der Waals surface area contributed by atoms with Crippen LogP contribution < -0.4 is 5.73 Å². The van der Waals surface area contributed by atoms with Gasteiger partial charge in [0, 0.05) is 13.2 Å². The van der Waals surface area contributed by atoms with Crippen molar-refractivity contribution in [3.05, 3.63) is 0 Å². The second-order valence-electron chi connectivity index (χ2n) is 2.64. The SMILES string of the molecule is CC(C(N)=S)N(C)CCCO. The normalized spacial score (nSPS) is 13.5. The van der Waals surface area contributed by atoms with Crippen LogP contribution in [0.25, 0.3) is 0 Å². The molecule has 0 aromatic carbocycles. The molecule has 1 unspecified atom stereocenters. The first-order chi connectivity index (χ1) is 5.09. The molecule has 0 aliphatic rings. The lowest BCUT2D eigenvalue weighted by Crippen LogP contribution is -2.39. The third kappa shape index (κ3) is 4.29. The van der Waals surface area contributed by atoms with E-state index in [0.717, 1.165) is 13.0 Å². The minimum atomic E-state index is 0.122. The van der Waals surface area contributed by atoms with E-state index in [0.29, 0.717) is 4.99 Å². The molecule has 11 heavy (non-hydrogen) atoms.